The van der Waals surface area contributed by atoms with Gasteiger partial charge in [-0.05, 0) is 53.3 Å². The van der Waals surface area contributed by atoms with Crippen molar-refractivity contribution in [1.29, 1.82) is 0 Å². The highest BCUT2D eigenvalue weighted by molar-refractivity contribution is 7.50. The molecule has 3 aromatic rings. The van der Waals surface area contributed by atoms with Crippen molar-refractivity contribution in [1.82, 2.24) is 21.3 Å². The number of carbonyl (C=O) groups is 6. The number of carboxylic acids is 1. The minimum atomic E-state index is -4.40. The lowest BCUT2D eigenvalue weighted by Gasteiger charge is -2.40. The van der Waals surface area contributed by atoms with Crippen LogP contribution in [0.25, 0.3) is 10.8 Å². The third-order valence-corrected chi connectivity index (χ3v) is 10.8. The van der Waals surface area contributed by atoms with Crippen LogP contribution in [0.2, 0.25) is 0 Å². The van der Waals surface area contributed by atoms with Crippen molar-refractivity contribution >= 4 is 59.6 Å². The predicted molar refractivity (Wildman–Crippen MR) is 207 cm³/mol. The summed E-state index contributed by atoms with van der Waals surface area (Å²) in [6.45, 7) is 0.0433. The van der Waals surface area contributed by atoms with Crippen molar-refractivity contribution in [3.8, 4) is 0 Å². The number of anilines is 1. The smallest absolute Gasteiger partial charge is 0.329 e. The number of hydrogen-bond acceptors (Lipinski definition) is 8. The molecule has 1 heterocycles. The van der Waals surface area contributed by atoms with Gasteiger partial charge in [-0.2, -0.15) is 0 Å². The van der Waals surface area contributed by atoms with Crippen LogP contribution >= 0.6 is 7.60 Å². The van der Waals surface area contributed by atoms with E-state index in [0.717, 1.165) is 22.8 Å². The Morgan fingerprint density at radius 3 is 2.25 bits per heavy atom. The molecule has 0 aromatic heterocycles. The van der Waals surface area contributed by atoms with Gasteiger partial charge in [0.2, 0.25) is 29.5 Å². The molecule has 1 aliphatic carbocycles. The second-order valence-electron chi connectivity index (χ2n) is 14.2. The normalized spacial score (nSPS) is 21.5. The highest BCUT2D eigenvalue weighted by Crippen LogP contribution is 2.39. The first-order valence-corrected chi connectivity index (χ1v) is 20.2. The SMILES string of the molecule is NC(=O)CC1NC(=O)C2(CCCCC2)NC(=O)[C@H](CC(=O)O)N(c2ccc(CP(=O)(O)O)cc2)C/C=C/CC(C(=O)NCc2cccc3ccccc23)NC1=O. The van der Waals surface area contributed by atoms with Gasteiger partial charge in [0.25, 0.3) is 0 Å². The van der Waals surface area contributed by atoms with Crippen molar-refractivity contribution in [2.24, 2.45) is 5.73 Å². The Kier molecular flexibility index (Phi) is 13.6. The molecule has 2 aliphatic rings. The summed E-state index contributed by atoms with van der Waals surface area (Å²) in [4.78, 5) is 101. The van der Waals surface area contributed by atoms with Gasteiger partial charge < -0.3 is 46.8 Å². The minimum Gasteiger partial charge on any atom is -0.481 e. The second-order valence-corrected chi connectivity index (χ2v) is 15.9. The lowest BCUT2D eigenvalue weighted by Crippen LogP contribution is -2.65. The summed E-state index contributed by atoms with van der Waals surface area (Å²) in [7, 11) is -4.40. The Hall–Kier alpha value is -5.57. The molecular weight excluding hydrogens is 743 g/mol. The number of nitrogens with zero attached hydrogens (tertiary/aromatic N) is 1. The second kappa shape index (κ2) is 18.4. The number of aliphatic carboxylic acids is 1. The molecule has 5 rings (SSSR count). The van der Waals surface area contributed by atoms with Crippen LogP contribution in [0, 0.1) is 0 Å². The zero-order valence-corrected chi connectivity index (χ0v) is 31.6. The van der Waals surface area contributed by atoms with E-state index in [-0.39, 0.29) is 32.4 Å². The Morgan fingerprint density at radius 2 is 1.57 bits per heavy atom. The third kappa shape index (κ3) is 11.0. The number of fused-ring (bicyclic) bond motifs is 1. The molecule has 1 fully saturated rings. The topological polar surface area (TPSA) is 258 Å². The molecular formula is C39H47N6O10P. The Bertz CT molecular complexity index is 2020. The average molecular weight is 791 g/mol. The molecule has 56 heavy (non-hydrogen) atoms. The van der Waals surface area contributed by atoms with E-state index in [2.05, 4.69) is 21.3 Å². The number of nitrogens with two attached hydrogens (primary N) is 1. The molecule has 9 N–H and O–H groups in total. The van der Waals surface area contributed by atoms with Crippen molar-refractivity contribution in [2.45, 2.75) is 87.7 Å². The van der Waals surface area contributed by atoms with E-state index < -0.39 is 85.8 Å². The zero-order chi connectivity index (χ0) is 40.5. The van der Waals surface area contributed by atoms with Gasteiger partial charge in [-0.1, -0.05) is 86.0 Å². The molecule has 1 saturated carbocycles. The summed E-state index contributed by atoms with van der Waals surface area (Å²) in [6.07, 6.45) is 3.39. The number of carboxylic acid groups (broad SMARTS) is 1. The van der Waals surface area contributed by atoms with Gasteiger partial charge in [0.15, 0.2) is 0 Å². The van der Waals surface area contributed by atoms with Crippen LogP contribution in [0.4, 0.5) is 5.69 Å². The number of primary amides is 1. The summed E-state index contributed by atoms with van der Waals surface area (Å²) in [5.41, 5.74) is 5.41. The minimum absolute atomic E-state index is 0.0784. The Balaban J connectivity index is 1.52. The Morgan fingerprint density at radius 1 is 0.875 bits per heavy atom. The lowest BCUT2D eigenvalue weighted by atomic mass is 9.80. The van der Waals surface area contributed by atoms with E-state index in [9.17, 15) is 48.2 Å². The van der Waals surface area contributed by atoms with Gasteiger partial charge >= 0.3 is 13.6 Å². The van der Waals surface area contributed by atoms with Gasteiger partial charge in [0, 0.05) is 18.8 Å². The number of carbonyl (C=O) groups excluding carboxylic acids is 5. The summed E-state index contributed by atoms with van der Waals surface area (Å²) in [6, 6.07) is 15.2. The average Bonchev–Trinajstić information content (AvgIpc) is 3.15. The van der Waals surface area contributed by atoms with E-state index >= 15 is 0 Å². The first-order chi connectivity index (χ1) is 26.6. The molecule has 298 valence electrons. The third-order valence-electron chi connectivity index (χ3n) is 10.0. The van der Waals surface area contributed by atoms with Crippen LogP contribution in [0.1, 0.15) is 62.5 Å². The maximum absolute atomic E-state index is 14.3. The monoisotopic (exact) mass is 790 g/mol. The fourth-order valence-electron chi connectivity index (χ4n) is 7.22. The maximum Gasteiger partial charge on any atom is 0.329 e. The summed E-state index contributed by atoms with van der Waals surface area (Å²) >= 11 is 0. The van der Waals surface area contributed by atoms with Crippen LogP contribution in [-0.4, -0.2) is 80.6 Å². The molecule has 3 atom stereocenters. The first kappa shape index (κ1) is 41.6. The Labute approximate surface area is 323 Å². The fourth-order valence-corrected chi connectivity index (χ4v) is 7.91. The highest BCUT2D eigenvalue weighted by Gasteiger charge is 2.45. The van der Waals surface area contributed by atoms with Gasteiger partial charge in [-0.3, -0.25) is 33.3 Å². The fraction of sp³-hybridized carbons (Fsp3) is 0.385. The van der Waals surface area contributed by atoms with E-state index in [1.54, 1.807) is 12.2 Å². The molecule has 2 unspecified atom stereocenters. The molecule has 1 spiro atoms. The number of nitrogens with one attached hydrogen (secondary N) is 4. The number of hydrogen-bond donors (Lipinski definition) is 8. The van der Waals surface area contributed by atoms with Crippen LogP contribution < -0.4 is 31.9 Å². The largest absolute Gasteiger partial charge is 0.481 e. The zero-order valence-electron chi connectivity index (χ0n) is 30.7. The standard InChI is InChI=1S/C39H47N6O10P/c40-33(46)21-31-36(50)42-30(35(49)41-23-27-11-8-10-26-9-2-3-12-29(26)27)13-4-7-20-45(28-16-14-25(15-17-28)24-56(53,54)55)32(22-34(47)48)37(51)44-39(38(52)43-31)18-5-1-6-19-39/h2-4,7-12,14-17,30-32H,1,5-6,13,18-24H2,(H2,40,46)(H,41,49)(H,42,50)(H,43,52)(H,44,51)(H,47,48)(H2,53,54,55)/b7-4+/t30?,31?,32-/m0/s1. The number of benzene rings is 3. The molecule has 1 aliphatic heterocycles. The molecule has 0 saturated heterocycles. The molecule has 0 bridgehead atoms. The van der Waals surface area contributed by atoms with Crippen LogP contribution in [0.15, 0.2) is 78.9 Å². The summed E-state index contributed by atoms with van der Waals surface area (Å²) < 4.78 is 11.6. The molecule has 3 aromatic carbocycles. The molecule has 17 heteroatoms. The van der Waals surface area contributed by atoms with Crippen molar-refractivity contribution in [2.75, 3.05) is 11.4 Å². The first-order valence-electron chi connectivity index (χ1n) is 18.4. The van der Waals surface area contributed by atoms with E-state index in [4.69, 9.17) is 5.73 Å². The van der Waals surface area contributed by atoms with Crippen molar-refractivity contribution in [3.63, 3.8) is 0 Å². The number of rotatable bonds is 10. The van der Waals surface area contributed by atoms with Crippen LogP contribution in [0.5, 0.6) is 0 Å². The summed E-state index contributed by atoms with van der Waals surface area (Å²) in [5.74, 6) is -5.16. The van der Waals surface area contributed by atoms with Gasteiger partial charge in [-0.15, -0.1) is 0 Å². The molecule has 0 radical (unpaired) electrons. The van der Waals surface area contributed by atoms with Crippen molar-refractivity contribution in [3.05, 3.63) is 90.0 Å². The number of amides is 5. The van der Waals surface area contributed by atoms with Gasteiger partial charge in [-0.25, -0.2) is 0 Å². The van der Waals surface area contributed by atoms with Crippen LogP contribution in [0.3, 0.4) is 0 Å². The van der Waals surface area contributed by atoms with Gasteiger partial charge in [0.1, 0.15) is 23.7 Å². The van der Waals surface area contributed by atoms with Crippen LogP contribution in [-0.2, 0) is 46.0 Å². The quantitative estimate of drug-likeness (QED) is 0.109. The van der Waals surface area contributed by atoms with E-state index in [1.807, 2.05) is 42.5 Å². The van der Waals surface area contributed by atoms with Crippen molar-refractivity contribution < 1.29 is 48.2 Å². The maximum atomic E-state index is 14.3. The van der Waals surface area contributed by atoms with E-state index in [1.165, 1.54) is 29.2 Å². The molecule has 16 nitrogen and oxygen atoms in total. The highest BCUT2D eigenvalue weighted by atomic mass is 31.2. The van der Waals surface area contributed by atoms with Gasteiger partial charge in [0.05, 0.1) is 19.0 Å². The molecule has 5 amide bonds. The predicted octanol–water partition coefficient (Wildman–Crippen LogP) is 2.11. The van der Waals surface area contributed by atoms with E-state index in [0.29, 0.717) is 24.1 Å². The summed E-state index contributed by atoms with van der Waals surface area (Å²) in [5, 5.41) is 22.9. The lowest BCUT2D eigenvalue weighted by molar-refractivity contribution is -0.141.